The maximum Gasteiger partial charge on any atom is 0.191 e. The van der Waals surface area contributed by atoms with Crippen LogP contribution in [0.3, 0.4) is 0 Å². The number of thiophene rings is 1. The van der Waals surface area contributed by atoms with Gasteiger partial charge < -0.3 is 15.5 Å². The van der Waals surface area contributed by atoms with Crippen molar-refractivity contribution in [2.75, 3.05) is 25.0 Å². The Morgan fingerprint density at radius 1 is 1.40 bits per heavy atom. The average molecular weight is 491 g/mol. The number of guanidine groups is 1. The van der Waals surface area contributed by atoms with Gasteiger partial charge in [0.1, 0.15) is 5.01 Å². The highest BCUT2D eigenvalue weighted by Gasteiger charge is 2.20. The molecule has 3 rings (SSSR count). The van der Waals surface area contributed by atoms with Crippen LogP contribution in [0.5, 0.6) is 0 Å². The first kappa shape index (κ1) is 20.4. The lowest BCUT2D eigenvalue weighted by Gasteiger charge is -2.33. The fourth-order valence-electron chi connectivity index (χ4n) is 2.83. The van der Waals surface area contributed by atoms with Gasteiger partial charge in [-0.15, -0.1) is 46.7 Å². The third-order valence-corrected chi connectivity index (χ3v) is 6.30. The Bertz CT molecular complexity index is 648. The van der Waals surface area contributed by atoms with Gasteiger partial charge in [0.05, 0.1) is 11.5 Å². The van der Waals surface area contributed by atoms with E-state index in [9.17, 15) is 0 Å². The molecular weight excluding hydrogens is 465 g/mol. The lowest BCUT2D eigenvalue weighted by atomic mass is 10.1. The highest BCUT2D eigenvalue weighted by Crippen LogP contribution is 2.24. The number of rotatable bonds is 5. The molecule has 1 aliphatic rings. The number of nitrogens with zero attached hydrogens (tertiary/aromatic N) is 3. The van der Waals surface area contributed by atoms with Crippen LogP contribution < -0.4 is 15.5 Å². The third kappa shape index (κ3) is 5.82. The van der Waals surface area contributed by atoms with Gasteiger partial charge in [-0.2, -0.15) is 0 Å². The zero-order chi connectivity index (χ0) is 16.8. The molecule has 0 aromatic carbocycles. The number of piperidine rings is 1. The fraction of sp³-hybridized carbons (Fsp3) is 0.529. The summed E-state index contributed by atoms with van der Waals surface area (Å²) in [5, 5.41) is 11.6. The van der Waals surface area contributed by atoms with E-state index in [1.165, 1.54) is 9.88 Å². The smallest absolute Gasteiger partial charge is 0.191 e. The van der Waals surface area contributed by atoms with Gasteiger partial charge in [-0.05, 0) is 36.8 Å². The van der Waals surface area contributed by atoms with Crippen LogP contribution >= 0.6 is 46.7 Å². The predicted molar refractivity (Wildman–Crippen MR) is 120 cm³/mol. The van der Waals surface area contributed by atoms with Crippen LogP contribution in [0, 0.1) is 0 Å². The molecule has 0 atom stereocenters. The Hall–Kier alpha value is -0.870. The van der Waals surface area contributed by atoms with E-state index in [4.69, 9.17) is 0 Å². The van der Waals surface area contributed by atoms with Gasteiger partial charge in [0.25, 0.3) is 0 Å². The van der Waals surface area contributed by atoms with Crippen LogP contribution in [-0.2, 0) is 13.0 Å². The molecule has 0 aliphatic carbocycles. The number of aryl methyl sites for hydroxylation is 1. The summed E-state index contributed by atoms with van der Waals surface area (Å²) >= 11 is 3.59. The summed E-state index contributed by atoms with van der Waals surface area (Å²) in [4.78, 5) is 12.6. The molecule has 0 amide bonds. The normalized spacial score (nSPS) is 15.8. The highest BCUT2D eigenvalue weighted by molar-refractivity contribution is 14.0. The van der Waals surface area contributed by atoms with Crippen molar-refractivity contribution in [3.8, 4) is 0 Å². The van der Waals surface area contributed by atoms with Crippen LogP contribution in [0.2, 0.25) is 0 Å². The lowest BCUT2D eigenvalue weighted by molar-refractivity contribution is 0.462. The van der Waals surface area contributed by atoms with Crippen LogP contribution in [0.15, 0.2) is 28.7 Å². The minimum Gasteiger partial charge on any atom is -0.363 e. The minimum absolute atomic E-state index is 0. The van der Waals surface area contributed by atoms with Crippen LogP contribution in [-0.4, -0.2) is 37.1 Å². The van der Waals surface area contributed by atoms with Gasteiger partial charge in [0.2, 0.25) is 0 Å². The maximum atomic E-state index is 4.45. The summed E-state index contributed by atoms with van der Waals surface area (Å²) in [6.07, 6.45) is 5.29. The summed E-state index contributed by atoms with van der Waals surface area (Å²) in [5.41, 5.74) is 0. The van der Waals surface area contributed by atoms with Gasteiger partial charge in [-0.3, -0.25) is 4.99 Å². The molecule has 2 aromatic heterocycles. The molecule has 0 unspecified atom stereocenters. The first-order chi connectivity index (χ1) is 11.8. The number of nitrogens with one attached hydrogen (secondary N) is 2. The molecule has 0 saturated carbocycles. The van der Waals surface area contributed by atoms with E-state index in [-0.39, 0.29) is 24.0 Å². The number of halogens is 1. The minimum atomic E-state index is 0. The number of aromatic nitrogens is 1. The van der Waals surface area contributed by atoms with Gasteiger partial charge in [0, 0.05) is 37.3 Å². The van der Waals surface area contributed by atoms with E-state index >= 15 is 0 Å². The SMILES string of the molecule is CCc1cnc(CNC(=NC)NC2CCN(c3cccs3)CC2)s1.I. The highest BCUT2D eigenvalue weighted by atomic mass is 127. The molecule has 1 fully saturated rings. The summed E-state index contributed by atoms with van der Waals surface area (Å²) in [5.74, 6) is 0.873. The van der Waals surface area contributed by atoms with Gasteiger partial charge in [-0.25, -0.2) is 4.98 Å². The molecule has 1 aliphatic heterocycles. The van der Waals surface area contributed by atoms with Crippen LogP contribution in [0.4, 0.5) is 5.00 Å². The first-order valence-corrected chi connectivity index (χ1v) is 10.2. The lowest BCUT2D eigenvalue weighted by Crippen LogP contribution is -2.48. The van der Waals surface area contributed by atoms with Crippen molar-refractivity contribution in [2.24, 2.45) is 4.99 Å². The van der Waals surface area contributed by atoms with Crippen molar-refractivity contribution in [2.45, 2.75) is 38.8 Å². The van der Waals surface area contributed by atoms with Crippen molar-refractivity contribution in [3.05, 3.63) is 33.6 Å². The van der Waals surface area contributed by atoms with E-state index in [0.717, 1.165) is 49.9 Å². The molecule has 0 spiro atoms. The second-order valence-electron chi connectivity index (χ2n) is 5.86. The first-order valence-electron chi connectivity index (χ1n) is 8.47. The van der Waals surface area contributed by atoms with E-state index in [1.807, 2.05) is 24.6 Å². The predicted octanol–water partition coefficient (Wildman–Crippen LogP) is 3.72. The molecule has 2 N–H and O–H groups in total. The molecule has 3 heterocycles. The molecule has 1 saturated heterocycles. The number of anilines is 1. The number of hydrogen-bond donors (Lipinski definition) is 2. The van der Waals surface area contributed by atoms with Gasteiger partial charge in [0.15, 0.2) is 5.96 Å². The molecule has 5 nitrogen and oxygen atoms in total. The second kappa shape index (κ2) is 10.3. The number of hydrogen-bond acceptors (Lipinski definition) is 5. The standard InChI is InChI=1S/C17H25N5S2.HI/c1-3-14-11-19-15(24-14)12-20-17(18-2)21-13-6-8-22(9-7-13)16-5-4-10-23-16;/h4-5,10-11,13H,3,6-9,12H2,1-2H3,(H2,18,20,21);1H. The van der Waals surface area contributed by atoms with Gasteiger partial charge in [-0.1, -0.05) is 6.92 Å². The van der Waals surface area contributed by atoms with Crippen molar-refractivity contribution >= 4 is 57.6 Å². The summed E-state index contributed by atoms with van der Waals surface area (Å²) < 4.78 is 0. The Labute approximate surface area is 175 Å². The molecule has 0 radical (unpaired) electrons. The van der Waals surface area contributed by atoms with E-state index in [1.54, 1.807) is 11.3 Å². The Kier molecular flexibility index (Phi) is 8.44. The zero-order valence-corrected chi connectivity index (χ0v) is 18.7. The largest absolute Gasteiger partial charge is 0.363 e. The molecular formula is C17H26IN5S2. The number of thiazole rings is 1. The van der Waals surface area contributed by atoms with E-state index < -0.39 is 0 Å². The number of aliphatic imine (C=N–C) groups is 1. The summed E-state index contributed by atoms with van der Waals surface area (Å²) in [6, 6.07) is 4.81. The van der Waals surface area contributed by atoms with Crippen molar-refractivity contribution in [1.82, 2.24) is 15.6 Å². The molecule has 138 valence electrons. The molecule has 8 heteroatoms. The second-order valence-corrected chi connectivity index (χ2v) is 7.98. The quantitative estimate of drug-likeness (QED) is 0.381. The summed E-state index contributed by atoms with van der Waals surface area (Å²) in [6.45, 7) is 5.09. The third-order valence-electron chi connectivity index (χ3n) is 4.23. The zero-order valence-electron chi connectivity index (χ0n) is 14.7. The monoisotopic (exact) mass is 491 g/mol. The van der Waals surface area contributed by atoms with E-state index in [0.29, 0.717) is 6.04 Å². The average Bonchev–Trinajstić information content (AvgIpc) is 3.30. The Morgan fingerprint density at radius 2 is 2.20 bits per heavy atom. The fourth-order valence-corrected chi connectivity index (χ4v) is 4.42. The van der Waals surface area contributed by atoms with Gasteiger partial charge >= 0.3 is 0 Å². The topological polar surface area (TPSA) is 52.6 Å². The van der Waals surface area contributed by atoms with Crippen molar-refractivity contribution in [1.29, 1.82) is 0 Å². The molecule has 2 aromatic rings. The van der Waals surface area contributed by atoms with Crippen molar-refractivity contribution < 1.29 is 0 Å². The van der Waals surface area contributed by atoms with Crippen LogP contribution in [0.25, 0.3) is 0 Å². The maximum absolute atomic E-state index is 4.45. The molecule has 0 bridgehead atoms. The Balaban J connectivity index is 0.00000225. The Morgan fingerprint density at radius 3 is 2.80 bits per heavy atom. The van der Waals surface area contributed by atoms with Crippen LogP contribution in [0.1, 0.15) is 29.7 Å². The molecule has 25 heavy (non-hydrogen) atoms. The summed E-state index contributed by atoms with van der Waals surface area (Å²) in [7, 11) is 1.83. The van der Waals surface area contributed by atoms with E-state index in [2.05, 4.69) is 49.9 Å². The van der Waals surface area contributed by atoms with Crippen molar-refractivity contribution in [3.63, 3.8) is 0 Å².